The maximum Gasteiger partial charge on any atom is 0.225 e. The second kappa shape index (κ2) is 6.40. The molecule has 0 amide bonds. The van der Waals surface area contributed by atoms with Crippen molar-refractivity contribution in [3.63, 3.8) is 0 Å². The first-order valence-corrected chi connectivity index (χ1v) is 7.00. The zero-order chi connectivity index (χ0) is 14.7. The van der Waals surface area contributed by atoms with Gasteiger partial charge in [0.05, 0.1) is 25.4 Å². The van der Waals surface area contributed by atoms with E-state index in [-0.39, 0.29) is 6.10 Å². The summed E-state index contributed by atoms with van der Waals surface area (Å²) in [7, 11) is 7.27. The number of nitrogens with zero attached hydrogens (tertiary/aromatic N) is 5. The number of anilines is 1. The Labute approximate surface area is 125 Å². The number of rotatable bonds is 6. The molecule has 0 atom stereocenters. The van der Waals surface area contributed by atoms with Gasteiger partial charge in [-0.25, -0.2) is 9.97 Å². The van der Waals surface area contributed by atoms with Crippen molar-refractivity contribution in [1.82, 2.24) is 14.9 Å². The maximum atomic E-state index is 5.56. The first-order chi connectivity index (χ1) is 10.2. The van der Waals surface area contributed by atoms with Crippen molar-refractivity contribution in [2.24, 2.45) is 5.16 Å². The van der Waals surface area contributed by atoms with E-state index in [0.29, 0.717) is 24.5 Å². The van der Waals surface area contributed by atoms with Crippen LogP contribution in [0.2, 0.25) is 0 Å². The van der Waals surface area contributed by atoms with Gasteiger partial charge in [-0.2, -0.15) is 0 Å². The molecule has 1 aromatic heterocycles. The number of ether oxygens (including phenoxy) is 1. The molecule has 0 spiro atoms. The largest absolute Gasteiger partial charge is 0.390 e. The van der Waals surface area contributed by atoms with E-state index in [1.54, 1.807) is 19.5 Å². The molecule has 0 N–H and O–H groups in total. The molecule has 0 aromatic carbocycles. The summed E-state index contributed by atoms with van der Waals surface area (Å²) in [4.78, 5) is 18.2. The molecule has 0 saturated carbocycles. The Bertz CT molecular complexity index is 496. The summed E-state index contributed by atoms with van der Waals surface area (Å²) in [5.41, 5.74) is 1.59. The molecule has 0 unspecified atom stereocenters. The Morgan fingerprint density at radius 1 is 1.33 bits per heavy atom. The second-order valence-electron chi connectivity index (χ2n) is 5.31. The summed E-state index contributed by atoms with van der Waals surface area (Å²) in [5, 5.41) is 4.20. The van der Waals surface area contributed by atoms with Crippen molar-refractivity contribution in [2.45, 2.75) is 6.10 Å². The molecule has 2 aliphatic heterocycles. The minimum atomic E-state index is 0.205. The summed E-state index contributed by atoms with van der Waals surface area (Å²) in [5.74, 6) is 0.678. The lowest BCUT2D eigenvalue weighted by molar-refractivity contribution is -0.0589. The Morgan fingerprint density at radius 2 is 2.05 bits per heavy atom. The number of likely N-dealkylation sites (tertiary alicyclic amines) is 1. The van der Waals surface area contributed by atoms with Gasteiger partial charge in [0.1, 0.15) is 7.85 Å². The fourth-order valence-corrected chi connectivity index (χ4v) is 2.23. The molecule has 3 heterocycles. The predicted octanol–water partition coefficient (Wildman–Crippen LogP) is -1.21. The van der Waals surface area contributed by atoms with Crippen LogP contribution in [-0.2, 0) is 9.57 Å². The molecular weight excluding hydrogens is 269 g/mol. The Balaban J connectivity index is 1.36. The van der Waals surface area contributed by atoms with E-state index >= 15 is 0 Å². The van der Waals surface area contributed by atoms with Gasteiger partial charge in [0.25, 0.3) is 0 Å². The minimum absolute atomic E-state index is 0.205. The Kier molecular flexibility index (Phi) is 4.35. The molecule has 0 bridgehead atoms. The highest BCUT2D eigenvalue weighted by molar-refractivity contribution is 6.31. The summed E-state index contributed by atoms with van der Waals surface area (Å²) < 4.78 is 5.03. The van der Waals surface area contributed by atoms with Crippen LogP contribution in [-0.4, -0.2) is 81.0 Å². The first-order valence-electron chi connectivity index (χ1n) is 7.00. The highest BCUT2D eigenvalue weighted by Gasteiger charge is 2.30. The molecule has 0 aliphatic carbocycles. The summed E-state index contributed by atoms with van der Waals surface area (Å²) in [6, 6.07) is 0. The molecule has 2 aliphatic rings. The first kappa shape index (κ1) is 14.3. The smallest absolute Gasteiger partial charge is 0.225 e. The molecule has 2 radical (unpaired) electrons. The standard InChI is InChI=1S/C13H18BN5O2/c1-20-3-2-18-8-12(9-18)21-17-11-6-19(7-11)13-15-4-10(14)5-16-13/h4-5,12H,2-3,6-9H2,1H3. The average molecular weight is 287 g/mol. The van der Waals surface area contributed by atoms with Crippen molar-refractivity contribution in [1.29, 1.82) is 0 Å². The van der Waals surface area contributed by atoms with E-state index < -0.39 is 0 Å². The Morgan fingerprint density at radius 3 is 2.71 bits per heavy atom. The summed E-state index contributed by atoms with van der Waals surface area (Å²) in [6.07, 6.45) is 3.42. The van der Waals surface area contributed by atoms with E-state index in [1.165, 1.54) is 0 Å². The predicted molar refractivity (Wildman–Crippen MR) is 80.3 cm³/mol. The highest BCUT2D eigenvalue weighted by atomic mass is 16.6. The van der Waals surface area contributed by atoms with Crippen LogP contribution in [0.1, 0.15) is 0 Å². The monoisotopic (exact) mass is 287 g/mol. The number of hydrogen-bond donors (Lipinski definition) is 0. The third-order valence-corrected chi connectivity index (χ3v) is 3.55. The lowest BCUT2D eigenvalue weighted by Gasteiger charge is -2.38. The zero-order valence-corrected chi connectivity index (χ0v) is 12.1. The van der Waals surface area contributed by atoms with Crippen molar-refractivity contribution < 1.29 is 9.57 Å². The van der Waals surface area contributed by atoms with Gasteiger partial charge in [0.15, 0.2) is 6.10 Å². The van der Waals surface area contributed by atoms with Gasteiger partial charge >= 0.3 is 0 Å². The number of oxime groups is 1. The van der Waals surface area contributed by atoms with Crippen LogP contribution in [0, 0.1) is 0 Å². The topological polar surface area (TPSA) is 63.1 Å². The van der Waals surface area contributed by atoms with E-state index in [1.807, 2.05) is 4.90 Å². The van der Waals surface area contributed by atoms with Crippen LogP contribution in [0.25, 0.3) is 0 Å². The van der Waals surface area contributed by atoms with Crippen molar-refractivity contribution >= 4 is 25.0 Å². The highest BCUT2D eigenvalue weighted by Crippen LogP contribution is 2.15. The molecule has 21 heavy (non-hydrogen) atoms. The lowest BCUT2D eigenvalue weighted by atomic mass is 10.0. The fraction of sp³-hybridized carbons (Fsp3) is 0.615. The molecule has 2 saturated heterocycles. The molecule has 3 rings (SSSR count). The van der Waals surface area contributed by atoms with Gasteiger partial charge in [-0.3, -0.25) is 4.90 Å². The summed E-state index contributed by atoms with van der Waals surface area (Å²) >= 11 is 0. The fourth-order valence-electron chi connectivity index (χ4n) is 2.23. The van der Waals surface area contributed by atoms with Gasteiger partial charge in [0, 0.05) is 39.1 Å². The summed E-state index contributed by atoms with van der Waals surface area (Å²) in [6.45, 7) is 4.98. The van der Waals surface area contributed by atoms with Crippen LogP contribution in [0.4, 0.5) is 5.95 Å². The molecule has 7 nitrogen and oxygen atoms in total. The third kappa shape index (κ3) is 3.51. The van der Waals surface area contributed by atoms with Gasteiger partial charge in [-0.05, 0) is 0 Å². The number of methoxy groups -OCH3 is 1. The normalized spacial score (nSPS) is 19.1. The van der Waals surface area contributed by atoms with E-state index in [9.17, 15) is 0 Å². The second-order valence-corrected chi connectivity index (χ2v) is 5.31. The van der Waals surface area contributed by atoms with Crippen LogP contribution < -0.4 is 10.4 Å². The van der Waals surface area contributed by atoms with Crippen LogP contribution in [0.15, 0.2) is 17.5 Å². The van der Waals surface area contributed by atoms with Gasteiger partial charge in [-0.1, -0.05) is 10.6 Å². The van der Waals surface area contributed by atoms with E-state index in [2.05, 4.69) is 20.0 Å². The average Bonchev–Trinajstić information content (AvgIpc) is 2.40. The lowest BCUT2D eigenvalue weighted by Crippen LogP contribution is -2.53. The van der Waals surface area contributed by atoms with Gasteiger partial charge < -0.3 is 14.5 Å². The molecule has 2 fully saturated rings. The van der Waals surface area contributed by atoms with E-state index in [4.69, 9.17) is 17.4 Å². The molecule has 110 valence electrons. The number of aromatic nitrogens is 2. The molecule has 8 heteroatoms. The van der Waals surface area contributed by atoms with Crippen molar-refractivity contribution in [3.05, 3.63) is 12.4 Å². The van der Waals surface area contributed by atoms with Gasteiger partial charge in [-0.15, -0.1) is 0 Å². The molecular formula is C13H18BN5O2. The van der Waals surface area contributed by atoms with E-state index in [0.717, 1.165) is 32.0 Å². The van der Waals surface area contributed by atoms with Gasteiger partial charge in [0.2, 0.25) is 5.95 Å². The van der Waals surface area contributed by atoms with Crippen molar-refractivity contribution in [2.75, 3.05) is 51.3 Å². The number of hydrogen-bond acceptors (Lipinski definition) is 7. The van der Waals surface area contributed by atoms with Crippen molar-refractivity contribution in [3.8, 4) is 0 Å². The zero-order valence-electron chi connectivity index (χ0n) is 12.1. The maximum absolute atomic E-state index is 5.56. The van der Waals surface area contributed by atoms with Crippen LogP contribution in [0.5, 0.6) is 0 Å². The Hall–Kier alpha value is -1.67. The quantitative estimate of drug-likeness (QED) is 0.483. The third-order valence-electron chi connectivity index (χ3n) is 3.55. The minimum Gasteiger partial charge on any atom is -0.390 e. The van der Waals surface area contributed by atoms with Crippen LogP contribution >= 0.6 is 0 Å². The SMILES string of the molecule is [B]c1cnc(N2CC(=NOC3CN(CCOC)C3)C2)nc1. The van der Waals surface area contributed by atoms with Crippen LogP contribution in [0.3, 0.4) is 0 Å². The molecule has 1 aromatic rings.